The summed E-state index contributed by atoms with van der Waals surface area (Å²) in [6.07, 6.45) is 1.76. The topological polar surface area (TPSA) is 93.2 Å². The van der Waals surface area contributed by atoms with Crippen LogP contribution in [0.2, 0.25) is 0 Å². The Kier molecular flexibility index (Phi) is 6.95. The molecular weight excluding hydrogens is 388 g/mol. The Morgan fingerprint density at radius 2 is 1.67 bits per heavy atom. The van der Waals surface area contributed by atoms with Gasteiger partial charge in [-0.2, -0.15) is 0 Å². The van der Waals surface area contributed by atoms with Crippen LogP contribution in [0.5, 0.6) is 17.2 Å². The minimum atomic E-state index is -0.394. The van der Waals surface area contributed by atoms with Crippen LogP contribution in [0.4, 0.5) is 5.82 Å². The fourth-order valence-corrected chi connectivity index (χ4v) is 3.31. The van der Waals surface area contributed by atoms with Crippen LogP contribution in [0, 0.1) is 0 Å². The molecule has 0 atom stereocenters. The summed E-state index contributed by atoms with van der Waals surface area (Å²) in [5.74, 6) is 1.53. The van der Waals surface area contributed by atoms with Crippen molar-refractivity contribution in [1.82, 2.24) is 15.2 Å². The van der Waals surface area contributed by atoms with Gasteiger partial charge in [0.2, 0.25) is 11.7 Å². The van der Waals surface area contributed by atoms with Gasteiger partial charge in [-0.25, -0.2) is 4.98 Å². The first-order valence-corrected chi connectivity index (χ1v) is 9.59. The van der Waals surface area contributed by atoms with Gasteiger partial charge in [0.15, 0.2) is 11.5 Å². The van der Waals surface area contributed by atoms with Crippen molar-refractivity contribution >= 4 is 17.6 Å². The number of carbonyl (C=O) groups excluding carboxylic acids is 2. The van der Waals surface area contributed by atoms with Crippen molar-refractivity contribution in [2.45, 2.75) is 0 Å². The van der Waals surface area contributed by atoms with E-state index in [4.69, 9.17) is 14.2 Å². The summed E-state index contributed by atoms with van der Waals surface area (Å²) < 4.78 is 15.8. The first-order valence-electron chi connectivity index (χ1n) is 9.59. The van der Waals surface area contributed by atoms with E-state index in [0.29, 0.717) is 49.0 Å². The molecule has 0 aliphatic carbocycles. The zero-order chi connectivity index (χ0) is 21.5. The lowest BCUT2D eigenvalue weighted by Gasteiger charge is -2.35. The smallest absolute Gasteiger partial charge is 0.251 e. The van der Waals surface area contributed by atoms with Crippen molar-refractivity contribution in [2.75, 3.05) is 59.0 Å². The second-order valence-corrected chi connectivity index (χ2v) is 6.65. The van der Waals surface area contributed by atoms with Gasteiger partial charge in [-0.3, -0.25) is 9.59 Å². The van der Waals surface area contributed by atoms with Gasteiger partial charge in [-0.05, 0) is 24.3 Å². The third-order valence-electron chi connectivity index (χ3n) is 4.93. The number of methoxy groups -OCH3 is 3. The molecule has 1 aliphatic rings. The number of pyridine rings is 1. The molecular formula is C21H26N4O5. The molecule has 1 N–H and O–H groups in total. The number of carbonyl (C=O) groups is 2. The average molecular weight is 414 g/mol. The molecule has 9 heteroatoms. The normalized spacial score (nSPS) is 13.6. The third kappa shape index (κ3) is 4.73. The van der Waals surface area contributed by atoms with Gasteiger partial charge < -0.3 is 29.3 Å². The molecule has 0 unspecified atom stereocenters. The maximum absolute atomic E-state index is 12.6. The summed E-state index contributed by atoms with van der Waals surface area (Å²) in [6, 6.07) is 8.87. The zero-order valence-corrected chi connectivity index (χ0v) is 17.4. The number of hydrogen-bond donors (Lipinski definition) is 1. The van der Waals surface area contributed by atoms with E-state index in [1.165, 1.54) is 21.3 Å². The molecule has 30 heavy (non-hydrogen) atoms. The summed E-state index contributed by atoms with van der Waals surface area (Å²) in [7, 11) is 4.45. The molecule has 1 saturated heterocycles. The summed E-state index contributed by atoms with van der Waals surface area (Å²) in [5, 5.41) is 2.67. The molecule has 0 spiro atoms. The van der Waals surface area contributed by atoms with Gasteiger partial charge in [-0.15, -0.1) is 0 Å². The lowest BCUT2D eigenvalue weighted by Crippen LogP contribution is -2.51. The number of nitrogens with zero attached hydrogens (tertiary/aromatic N) is 3. The van der Waals surface area contributed by atoms with Crippen LogP contribution in [0.1, 0.15) is 10.4 Å². The molecule has 9 nitrogen and oxygen atoms in total. The number of ether oxygens (including phenoxy) is 3. The molecule has 1 aromatic heterocycles. The van der Waals surface area contributed by atoms with Crippen molar-refractivity contribution in [2.24, 2.45) is 0 Å². The Labute approximate surface area is 175 Å². The summed E-state index contributed by atoms with van der Waals surface area (Å²) in [6.45, 7) is 2.47. The highest BCUT2D eigenvalue weighted by Crippen LogP contribution is 2.38. The van der Waals surface area contributed by atoms with E-state index in [1.807, 2.05) is 18.2 Å². The van der Waals surface area contributed by atoms with E-state index in [2.05, 4.69) is 15.2 Å². The van der Waals surface area contributed by atoms with Crippen molar-refractivity contribution in [3.8, 4) is 17.2 Å². The van der Waals surface area contributed by atoms with Crippen LogP contribution in [-0.4, -0.2) is 75.8 Å². The van der Waals surface area contributed by atoms with E-state index in [9.17, 15) is 9.59 Å². The molecule has 1 fully saturated rings. The van der Waals surface area contributed by atoms with Gasteiger partial charge in [-0.1, -0.05) is 6.07 Å². The molecule has 160 valence electrons. The van der Waals surface area contributed by atoms with E-state index >= 15 is 0 Å². The zero-order valence-electron chi connectivity index (χ0n) is 17.4. The Balaban J connectivity index is 1.56. The molecule has 3 rings (SSSR count). The van der Waals surface area contributed by atoms with E-state index in [1.54, 1.807) is 23.2 Å². The van der Waals surface area contributed by atoms with Crippen molar-refractivity contribution < 1.29 is 23.8 Å². The maximum Gasteiger partial charge on any atom is 0.251 e. The first kappa shape index (κ1) is 21.2. The predicted octanol–water partition coefficient (Wildman–Crippen LogP) is 1.19. The highest BCUT2D eigenvalue weighted by atomic mass is 16.5. The fraction of sp³-hybridized carbons (Fsp3) is 0.381. The number of nitrogens with one attached hydrogen (secondary N) is 1. The second kappa shape index (κ2) is 9.82. The first-order chi connectivity index (χ1) is 14.6. The number of amides is 2. The van der Waals surface area contributed by atoms with Crippen LogP contribution in [0.15, 0.2) is 36.5 Å². The summed E-state index contributed by atoms with van der Waals surface area (Å²) >= 11 is 0. The molecule has 0 saturated carbocycles. The lowest BCUT2D eigenvalue weighted by atomic mass is 10.1. The molecule has 2 amide bonds. The van der Waals surface area contributed by atoms with Gasteiger partial charge in [0.1, 0.15) is 5.82 Å². The summed E-state index contributed by atoms with van der Waals surface area (Å²) in [5.41, 5.74) is 0.317. The van der Waals surface area contributed by atoms with Crippen LogP contribution in [0.3, 0.4) is 0 Å². The minimum absolute atomic E-state index is 0.0842. The fourth-order valence-electron chi connectivity index (χ4n) is 3.31. The number of piperazine rings is 1. The lowest BCUT2D eigenvalue weighted by molar-refractivity contribution is -0.130. The number of aromatic nitrogens is 1. The molecule has 2 heterocycles. The molecule has 1 aliphatic heterocycles. The highest BCUT2D eigenvalue weighted by molar-refractivity contribution is 5.97. The van der Waals surface area contributed by atoms with E-state index < -0.39 is 5.91 Å². The molecule has 0 bridgehead atoms. The SMILES string of the molecule is COc1cc(C(=O)NCC(=O)N2CCN(c3ccccn3)CC2)cc(OC)c1OC. The van der Waals surface area contributed by atoms with Crippen molar-refractivity contribution in [1.29, 1.82) is 0 Å². The largest absolute Gasteiger partial charge is 0.493 e. The molecule has 2 aromatic rings. The Bertz CT molecular complexity index is 857. The molecule has 1 aromatic carbocycles. The number of anilines is 1. The van der Waals surface area contributed by atoms with Crippen LogP contribution in [0.25, 0.3) is 0 Å². The Morgan fingerprint density at radius 3 is 2.20 bits per heavy atom. The van der Waals surface area contributed by atoms with Gasteiger partial charge in [0.25, 0.3) is 5.91 Å². The quantitative estimate of drug-likeness (QED) is 0.727. The average Bonchev–Trinajstić information content (AvgIpc) is 2.81. The third-order valence-corrected chi connectivity index (χ3v) is 4.93. The Morgan fingerprint density at radius 1 is 1.00 bits per heavy atom. The second-order valence-electron chi connectivity index (χ2n) is 6.65. The number of benzene rings is 1. The van der Waals surface area contributed by atoms with Crippen molar-refractivity contribution in [3.63, 3.8) is 0 Å². The van der Waals surface area contributed by atoms with Gasteiger partial charge >= 0.3 is 0 Å². The van der Waals surface area contributed by atoms with Gasteiger partial charge in [0, 0.05) is 37.9 Å². The number of hydrogen-bond acceptors (Lipinski definition) is 7. The monoisotopic (exact) mass is 414 g/mol. The van der Waals surface area contributed by atoms with E-state index in [0.717, 1.165) is 5.82 Å². The standard InChI is InChI=1S/C21H26N4O5/c1-28-16-12-15(13-17(29-2)20(16)30-3)21(27)23-14-19(26)25-10-8-24(9-11-25)18-6-4-5-7-22-18/h4-7,12-13H,8-11,14H2,1-3H3,(H,23,27). The van der Waals surface area contributed by atoms with Crippen LogP contribution >= 0.6 is 0 Å². The van der Waals surface area contributed by atoms with E-state index in [-0.39, 0.29) is 12.5 Å². The number of rotatable bonds is 7. The van der Waals surface area contributed by atoms with Crippen LogP contribution in [-0.2, 0) is 4.79 Å². The summed E-state index contributed by atoms with van der Waals surface area (Å²) in [4.78, 5) is 33.3. The minimum Gasteiger partial charge on any atom is -0.493 e. The van der Waals surface area contributed by atoms with Gasteiger partial charge in [0.05, 0.1) is 27.9 Å². The predicted molar refractivity (Wildman–Crippen MR) is 111 cm³/mol. The Hall–Kier alpha value is -3.49. The highest BCUT2D eigenvalue weighted by Gasteiger charge is 2.23. The molecule has 0 radical (unpaired) electrons. The maximum atomic E-state index is 12.6. The van der Waals surface area contributed by atoms with Crippen molar-refractivity contribution in [3.05, 3.63) is 42.1 Å². The van der Waals surface area contributed by atoms with Crippen LogP contribution < -0.4 is 24.4 Å².